The quantitative estimate of drug-likeness (QED) is 0.841. The van der Waals surface area contributed by atoms with Crippen LogP contribution in [0.1, 0.15) is 18.4 Å². The second-order valence-electron chi connectivity index (χ2n) is 4.75. The fourth-order valence-corrected chi connectivity index (χ4v) is 1.77. The van der Waals surface area contributed by atoms with E-state index in [0.29, 0.717) is 6.61 Å². The number of ether oxygens (including phenoxy) is 1. The summed E-state index contributed by atoms with van der Waals surface area (Å²) in [6.07, 6.45) is 0. The highest BCUT2D eigenvalue weighted by atomic mass is 16.5. The smallest absolute Gasteiger partial charge is 0.174 e. The number of nitrogens with one attached hydrogen (secondary N) is 1. The third kappa shape index (κ3) is 3.99. The van der Waals surface area contributed by atoms with Gasteiger partial charge in [-0.3, -0.25) is 0 Å². The third-order valence-corrected chi connectivity index (χ3v) is 2.88. The van der Waals surface area contributed by atoms with Crippen LogP contribution in [0.5, 0.6) is 5.75 Å². The average molecular weight is 275 g/mol. The van der Waals surface area contributed by atoms with Gasteiger partial charge in [0, 0.05) is 38.5 Å². The summed E-state index contributed by atoms with van der Waals surface area (Å²) in [5.41, 5.74) is 2.00. The highest BCUT2D eigenvalue weighted by Gasteiger charge is 2.05. The van der Waals surface area contributed by atoms with Gasteiger partial charge >= 0.3 is 0 Å². The zero-order valence-electron chi connectivity index (χ0n) is 12.2. The van der Waals surface area contributed by atoms with E-state index in [1.54, 1.807) is 0 Å². The van der Waals surface area contributed by atoms with Gasteiger partial charge in [-0.2, -0.15) is 0 Å². The van der Waals surface area contributed by atoms with Gasteiger partial charge in [0.25, 0.3) is 0 Å². The molecular weight excluding hydrogens is 254 g/mol. The molecule has 0 bridgehead atoms. The number of nitrogens with zero attached hydrogens (tertiary/aromatic N) is 2. The maximum atomic E-state index is 5.72. The van der Waals surface area contributed by atoms with Crippen LogP contribution in [-0.2, 0) is 13.2 Å². The van der Waals surface area contributed by atoms with Gasteiger partial charge in [0.05, 0.1) is 5.69 Å². The Morgan fingerprint density at radius 1 is 1.30 bits per heavy atom. The summed E-state index contributed by atoms with van der Waals surface area (Å²) in [6.45, 7) is 4.07. The fourth-order valence-electron chi connectivity index (χ4n) is 1.77. The minimum Gasteiger partial charge on any atom is -0.485 e. The molecule has 5 heteroatoms. The van der Waals surface area contributed by atoms with E-state index in [1.807, 2.05) is 49.3 Å². The van der Waals surface area contributed by atoms with Crippen molar-refractivity contribution in [2.75, 3.05) is 25.5 Å². The lowest BCUT2D eigenvalue weighted by Gasteiger charge is -2.13. The van der Waals surface area contributed by atoms with Gasteiger partial charge in [-0.1, -0.05) is 18.1 Å². The molecule has 1 heterocycles. The van der Waals surface area contributed by atoms with E-state index in [0.717, 1.165) is 36.0 Å². The van der Waals surface area contributed by atoms with Crippen LogP contribution >= 0.6 is 0 Å². The summed E-state index contributed by atoms with van der Waals surface area (Å²) >= 11 is 0. The van der Waals surface area contributed by atoms with Crippen LogP contribution < -0.4 is 15.0 Å². The number of benzene rings is 1. The maximum absolute atomic E-state index is 5.72. The Kier molecular flexibility index (Phi) is 5.01. The zero-order valence-corrected chi connectivity index (χ0v) is 12.2. The van der Waals surface area contributed by atoms with Gasteiger partial charge in [0.2, 0.25) is 0 Å². The standard InChI is InChI=1S/C15H21N3O2/c1-4-16-10-12-8-15(20-17-12)11-19-14-7-5-6-13(9-14)18(2)3/h5-9,16H,4,10-11H2,1-3H3. The van der Waals surface area contributed by atoms with E-state index in [2.05, 4.69) is 17.4 Å². The summed E-state index contributed by atoms with van der Waals surface area (Å²) in [4.78, 5) is 2.04. The largest absolute Gasteiger partial charge is 0.485 e. The summed E-state index contributed by atoms with van der Waals surface area (Å²) in [5, 5.41) is 7.19. The first-order valence-electron chi connectivity index (χ1n) is 6.74. The maximum Gasteiger partial charge on any atom is 0.174 e. The first-order valence-corrected chi connectivity index (χ1v) is 6.74. The summed E-state index contributed by atoms with van der Waals surface area (Å²) in [7, 11) is 4.01. The van der Waals surface area contributed by atoms with Crippen molar-refractivity contribution < 1.29 is 9.26 Å². The zero-order chi connectivity index (χ0) is 14.4. The van der Waals surface area contributed by atoms with Gasteiger partial charge in [-0.15, -0.1) is 0 Å². The van der Waals surface area contributed by atoms with E-state index >= 15 is 0 Å². The Labute approximate surface area is 119 Å². The van der Waals surface area contributed by atoms with Gasteiger partial charge in [-0.25, -0.2) is 0 Å². The normalized spacial score (nSPS) is 10.6. The van der Waals surface area contributed by atoms with Crippen molar-refractivity contribution in [1.29, 1.82) is 0 Å². The van der Waals surface area contributed by atoms with E-state index in [9.17, 15) is 0 Å². The van der Waals surface area contributed by atoms with Crippen LogP contribution in [0.4, 0.5) is 5.69 Å². The number of rotatable bonds is 7. The molecule has 0 amide bonds. The lowest BCUT2D eigenvalue weighted by molar-refractivity contribution is 0.248. The molecule has 108 valence electrons. The molecule has 0 radical (unpaired) electrons. The number of anilines is 1. The van der Waals surface area contributed by atoms with Gasteiger partial charge < -0.3 is 19.5 Å². The number of aromatic nitrogens is 1. The summed E-state index contributed by atoms with van der Waals surface area (Å²) in [6, 6.07) is 9.86. The van der Waals surface area contributed by atoms with Gasteiger partial charge in [0.1, 0.15) is 12.4 Å². The highest BCUT2D eigenvalue weighted by Crippen LogP contribution is 2.20. The lowest BCUT2D eigenvalue weighted by atomic mass is 10.3. The monoisotopic (exact) mass is 275 g/mol. The van der Waals surface area contributed by atoms with Crippen molar-refractivity contribution >= 4 is 5.69 Å². The van der Waals surface area contributed by atoms with Crippen LogP contribution in [0.3, 0.4) is 0 Å². The van der Waals surface area contributed by atoms with Crippen LogP contribution in [0.25, 0.3) is 0 Å². The minimum atomic E-state index is 0.385. The van der Waals surface area contributed by atoms with E-state index in [4.69, 9.17) is 9.26 Å². The van der Waals surface area contributed by atoms with Gasteiger partial charge in [0.15, 0.2) is 5.76 Å². The Balaban J connectivity index is 1.91. The third-order valence-electron chi connectivity index (χ3n) is 2.88. The summed E-state index contributed by atoms with van der Waals surface area (Å²) < 4.78 is 11.0. The van der Waals surface area contributed by atoms with E-state index in [1.165, 1.54) is 0 Å². The first-order chi connectivity index (χ1) is 9.69. The molecule has 0 saturated carbocycles. The van der Waals surface area contributed by atoms with Crippen molar-refractivity contribution in [1.82, 2.24) is 10.5 Å². The van der Waals surface area contributed by atoms with E-state index in [-0.39, 0.29) is 0 Å². The molecule has 2 aromatic rings. The molecule has 0 saturated heterocycles. The average Bonchev–Trinajstić information content (AvgIpc) is 2.91. The Morgan fingerprint density at radius 3 is 2.90 bits per heavy atom. The molecule has 0 atom stereocenters. The lowest BCUT2D eigenvalue weighted by Crippen LogP contribution is -2.11. The molecule has 0 aliphatic rings. The molecule has 5 nitrogen and oxygen atoms in total. The van der Waals surface area contributed by atoms with E-state index < -0.39 is 0 Å². The first kappa shape index (κ1) is 14.4. The SMILES string of the molecule is CCNCc1cc(COc2cccc(N(C)C)c2)on1. The molecular formula is C15H21N3O2. The topological polar surface area (TPSA) is 50.5 Å². The van der Waals surface area contributed by atoms with Crippen LogP contribution in [0.2, 0.25) is 0 Å². The van der Waals surface area contributed by atoms with Crippen molar-refractivity contribution in [2.45, 2.75) is 20.1 Å². The van der Waals surface area contributed by atoms with Gasteiger partial charge in [-0.05, 0) is 18.7 Å². The van der Waals surface area contributed by atoms with Crippen LogP contribution in [-0.4, -0.2) is 25.8 Å². The van der Waals surface area contributed by atoms with Crippen molar-refractivity contribution in [2.24, 2.45) is 0 Å². The minimum absolute atomic E-state index is 0.385. The Hall–Kier alpha value is -2.01. The fraction of sp³-hybridized carbons (Fsp3) is 0.400. The number of hydrogen-bond acceptors (Lipinski definition) is 5. The molecule has 0 spiro atoms. The molecule has 1 aromatic heterocycles. The molecule has 1 aromatic carbocycles. The molecule has 0 fully saturated rings. The molecule has 0 unspecified atom stereocenters. The molecule has 0 aliphatic carbocycles. The second kappa shape index (κ2) is 6.96. The highest BCUT2D eigenvalue weighted by molar-refractivity contribution is 5.49. The number of hydrogen-bond donors (Lipinski definition) is 1. The van der Waals surface area contributed by atoms with Crippen molar-refractivity contribution in [3.63, 3.8) is 0 Å². The Bertz CT molecular complexity index is 537. The predicted molar refractivity (Wildman–Crippen MR) is 79.0 cm³/mol. The molecule has 20 heavy (non-hydrogen) atoms. The Morgan fingerprint density at radius 2 is 2.15 bits per heavy atom. The molecule has 0 aliphatic heterocycles. The van der Waals surface area contributed by atoms with Crippen LogP contribution in [0.15, 0.2) is 34.9 Å². The predicted octanol–water partition coefficient (Wildman–Crippen LogP) is 2.43. The van der Waals surface area contributed by atoms with Crippen molar-refractivity contribution in [3.05, 3.63) is 41.8 Å². The molecule has 2 rings (SSSR count). The van der Waals surface area contributed by atoms with Crippen molar-refractivity contribution in [3.8, 4) is 5.75 Å². The van der Waals surface area contributed by atoms with Crippen LogP contribution in [0, 0.1) is 0 Å². The molecule has 1 N–H and O–H groups in total. The second-order valence-corrected chi connectivity index (χ2v) is 4.75. The summed E-state index contributed by atoms with van der Waals surface area (Å²) in [5.74, 6) is 1.55.